The molecule has 1 heterocycles. The minimum atomic E-state index is -1.09. The molecule has 5 amide bonds. The van der Waals surface area contributed by atoms with Gasteiger partial charge in [-0.3, -0.25) is 24.0 Å². The predicted molar refractivity (Wildman–Crippen MR) is 178 cm³/mol. The van der Waals surface area contributed by atoms with Crippen LogP contribution >= 0.6 is 0 Å². The van der Waals surface area contributed by atoms with Crippen LogP contribution in [0.15, 0.2) is 30.3 Å². The number of hydrogen-bond donors (Lipinski definition) is 4. The molecule has 1 aliphatic heterocycles. The van der Waals surface area contributed by atoms with Gasteiger partial charge < -0.3 is 26.6 Å². The van der Waals surface area contributed by atoms with Crippen molar-refractivity contribution in [3.05, 3.63) is 35.9 Å². The van der Waals surface area contributed by atoms with Crippen molar-refractivity contribution < 1.29 is 28.8 Å². The summed E-state index contributed by atoms with van der Waals surface area (Å²) in [7, 11) is 0. The van der Waals surface area contributed by atoms with Crippen LogP contribution in [-0.4, -0.2) is 70.9 Å². The van der Waals surface area contributed by atoms with E-state index in [1.807, 2.05) is 33.8 Å². The van der Waals surface area contributed by atoms with E-state index in [1.54, 1.807) is 29.2 Å². The van der Waals surface area contributed by atoms with Crippen LogP contribution in [-0.2, 0) is 19.2 Å². The zero-order valence-electron chi connectivity index (χ0n) is 28.3. The van der Waals surface area contributed by atoms with Gasteiger partial charge in [-0.2, -0.15) is 0 Å². The molecule has 3 fully saturated rings. The van der Waals surface area contributed by atoms with Crippen LogP contribution < -0.4 is 21.7 Å². The summed E-state index contributed by atoms with van der Waals surface area (Å²) in [6.45, 7) is 8.04. The largest absolute Gasteiger partial charge is 0.363 e. The molecule has 0 spiro atoms. The molecule has 11 nitrogen and oxygen atoms in total. The van der Waals surface area contributed by atoms with E-state index in [0.29, 0.717) is 24.9 Å². The van der Waals surface area contributed by atoms with Gasteiger partial charge in [-0.25, -0.2) is 4.79 Å². The van der Waals surface area contributed by atoms with Gasteiger partial charge in [0.15, 0.2) is 5.78 Å². The molecular formula is C36H53N5O6. The third-order valence-corrected chi connectivity index (χ3v) is 10.5. The van der Waals surface area contributed by atoms with E-state index < -0.39 is 47.8 Å². The molecule has 3 aliphatic rings. The summed E-state index contributed by atoms with van der Waals surface area (Å²) < 4.78 is 0. The summed E-state index contributed by atoms with van der Waals surface area (Å²) in [5, 5.41) is 8.59. The Morgan fingerprint density at radius 2 is 1.49 bits per heavy atom. The first-order valence-corrected chi connectivity index (χ1v) is 17.5. The minimum absolute atomic E-state index is 0.0562. The summed E-state index contributed by atoms with van der Waals surface area (Å²) in [5.74, 6) is -3.18. The predicted octanol–water partition coefficient (Wildman–Crippen LogP) is 3.74. The first kappa shape index (κ1) is 36.1. The smallest absolute Gasteiger partial charge is 0.316 e. The van der Waals surface area contributed by atoms with Crippen molar-refractivity contribution in [1.82, 2.24) is 20.9 Å². The number of nitrogens with two attached hydrogens (primary N) is 1. The van der Waals surface area contributed by atoms with E-state index in [-0.39, 0.29) is 41.3 Å². The van der Waals surface area contributed by atoms with Crippen molar-refractivity contribution in [1.29, 1.82) is 0 Å². The van der Waals surface area contributed by atoms with E-state index in [1.165, 1.54) is 0 Å². The highest BCUT2D eigenvalue weighted by Gasteiger charge is 2.47. The SMILES string of the molecule is CC(C)[C@H]1CCN(C(=O)[C@@H](NC(=O)N[C@H](C(=O)c2ccccc2)C(C)C)C2CCCCC2)C1C(=O)NC(CC1CCC1)C(=O)C(N)=O. The maximum Gasteiger partial charge on any atom is 0.316 e. The number of nitrogens with one attached hydrogen (secondary N) is 3. The number of amides is 5. The van der Waals surface area contributed by atoms with Gasteiger partial charge in [-0.1, -0.05) is 96.6 Å². The van der Waals surface area contributed by atoms with E-state index in [2.05, 4.69) is 16.0 Å². The van der Waals surface area contributed by atoms with Crippen LogP contribution in [0.25, 0.3) is 0 Å². The number of rotatable bonds is 14. The monoisotopic (exact) mass is 651 g/mol. The highest BCUT2D eigenvalue weighted by atomic mass is 16.2. The molecule has 4 rings (SSSR count). The number of hydrogen-bond acceptors (Lipinski definition) is 6. The molecular weight excluding hydrogens is 598 g/mol. The second-order valence-electron chi connectivity index (χ2n) is 14.4. The molecule has 1 aromatic rings. The lowest BCUT2D eigenvalue weighted by Crippen LogP contribution is -2.61. The molecule has 1 saturated heterocycles. The van der Waals surface area contributed by atoms with Crippen LogP contribution in [0, 0.1) is 29.6 Å². The molecule has 2 saturated carbocycles. The molecule has 11 heteroatoms. The van der Waals surface area contributed by atoms with Gasteiger partial charge in [0.2, 0.25) is 17.6 Å². The summed E-state index contributed by atoms with van der Waals surface area (Å²) in [6.07, 6.45) is 8.21. The van der Waals surface area contributed by atoms with Gasteiger partial charge in [0, 0.05) is 12.1 Å². The third-order valence-electron chi connectivity index (χ3n) is 10.5. The second kappa shape index (κ2) is 16.4. The minimum Gasteiger partial charge on any atom is -0.363 e. The van der Waals surface area contributed by atoms with Gasteiger partial charge in [0.1, 0.15) is 12.1 Å². The Kier molecular flexibility index (Phi) is 12.6. The van der Waals surface area contributed by atoms with Crippen LogP contribution in [0.3, 0.4) is 0 Å². The van der Waals surface area contributed by atoms with Gasteiger partial charge in [-0.05, 0) is 55.3 Å². The third kappa shape index (κ3) is 8.99. The Hall–Kier alpha value is -3.76. The first-order chi connectivity index (χ1) is 22.4. The average Bonchev–Trinajstić information content (AvgIpc) is 3.49. The molecule has 1 aromatic carbocycles. The molecule has 0 aromatic heterocycles. The van der Waals surface area contributed by atoms with Crippen molar-refractivity contribution in [2.24, 2.45) is 35.3 Å². The fraction of sp³-hybridized carbons (Fsp3) is 0.667. The molecule has 2 aliphatic carbocycles. The summed E-state index contributed by atoms with van der Waals surface area (Å²) >= 11 is 0. The van der Waals surface area contributed by atoms with Crippen molar-refractivity contribution in [3.8, 4) is 0 Å². The molecule has 258 valence electrons. The number of carbonyl (C=O) groups excluding carboxylic acids is 6. The van der Waals surface area contributed by atoms with E-state index in [4.69, 9.17) is 5.73 Å². The number of carbonyl (C=O) groups is 6. The first-order valence-electron chi connectivity index (χ1n) is 17.5. The number of Topliss-reactive ketones (excluding diaryl/α,β-unsaturated/α-hetero) is 2. The fourth-order valence-corrected chi connectivity index (χ4v) is 7.49. The Morgan fingerprint density at radius 3 is 2.04 bits per heavy atom. The quantitative estimate of drug-likeness (QED) is 0.177. The van der Waals surface area contributed by atoms with Crippen molar-refractivity contribution in [3.63, 3.8) is 0 Å². The average molecular weight is 652 g/mol. The molecule has 47 heavy (non-hydrogen) atoms. The van der Waals surface area contributed by atoms with Crippen molar-refractivity contribution >= 4 is 35.3 Å². The topological polar surface area (TPSA) is 168 Å². The second-order valence-corrected chi connectivity index (χ2v) is 14.4. The highest BCUT2D eigenvalue weighted by molar-refractivity contribution is 6.37. The number of likely N-dealkylation sites (tertiary alicyclic amines) is 1. The lowest BCUT2D eigenvalue weighted by molar-refractivity contribution is -0.144. The maximum atomic E-state index is 14.5. The highest BCUT2D eigenvalue weighted by Crippen LogP contribution is 2.35. The number of urea groups is 1. The summed E-state index contributed by atoms with van der Waals surface area (Å²) in [6, 6.07) is 4.58. The van der Waals surface area contributed by atoms with Crippen LogP contribution in [0.1, 0.15) is 102 Å². The van der Waals surface area contributed by atoms with Crippen molar-refractivity contribution in [2.45, 2.75) is 116 Å². The Morgan fingerprint density at radius 1 is 0.830 bits per heavy atom. The number of primary amides is 1. The van der Waals surface area contributed by atoms with Crippen LogP contribution in [0.2, 0.25) is 0 Å². The van der Waals surface area contributed by atoms with Gasteiger partial charge in [0.25, 0.3) is 5.91 Å². The number of nitrogens with zero attached hydrogens (tertiary/aromatic N) is 1. The maximum absolute atomic E-state index is 14.5. The van der Waals surface area contributed by atoms with Crippen LogP contribution in [0.5, 0.6) is 0 Å². The number of benzene rings is 1. The van der Waals surface area contributed by atoms with E-state index in [0.717, 1.165) is 51.4 Å². The lowest BCUT2D eigenvalue weighted by Gasteiger charge is -2.37. The standard InChI is InChI=1S/C36H53N5O6/c1-21(2)26-18-19-41(30(26)34(45)38-27(32(43)33(37)44)20-23-12-11-13-23)35(46)29(24-14-7-5-8-15-24)40-36(47)39-28(22(3)4)31(42)25-16-9-6-10-17-25/h6,9-10,16-17,21-24,26-30H,5,7-8,11-15,18-20H2,1-4H3,(H2,37,44)(H,38,45)(H2,39,40,47)/t26-,27?,28+,29+,30?/m1/s1. The molecule has 0 radical (unpaired) electrons. The van der Waals surface area contributed by atoms with Crippen LogP contribution in [0.4, 0.5) is 4.79 Å². The Bertz CT molecular complexity index is 1290. The number of ketones is 2. The Labute approximate surface area is 278 Å². The van der Waals surface area contributed by atoms with Gasteiger partial charge in [-0.15, -0.1) is 0 Å². The molecule has 0 bridgehead atoms. The van der Waals surface area contributed by atoms with Crippen molar-refractivity contribution in [2.75, 3.05) is 6.54 Å². The fourth-order valence-electron chi connectivity index (χ4n) is 7.49. The zero-order valence-corrected chi connectivity index (χ0v) is 28.3. The zero-order chi connectivity index (χ0) is 34.2. The molecule has 5 atom stereocenters. The normalized spacial score (nSPS) is 22.2. The van der Waals surface area contributed by atoms with Gasteiger partial charge in [0.05, 0.1) is 12.1 Å². The summed E-state index contributed by atoms with van der Waals surface area (Å²) in [5.41, 5.74) is 5.84. The lowest BCUT2D eigenvalue weighted by atomic mass is 9.80. The molecule has 5 N–H and O–H groups in total. The summed E-state index contributed by atoms with van der Waals surface area (Å²) in [4.78, 5) is 81.6. The Balaban J connectivity index is 1.56. The van der Waals surface area contributed by atoms with Gasteiger partial charge >= 0.3 is 6.03 Å². The van der Waals surface area contributed by atoms with E-state index >= 15 is 0 Å². The molecule has 2 unspecified atom stereocenters. The van der Waals surface area contributed by atoms with E-state index in [9.17, 15) is 28.8 Å².